The zero-order chi connectivity index (χ0) is 18.7. The maximum atomic E-state index is 12.4. The summed E-state index contributed by atoms with van der Waals surface area (Å²) in [5.41, 5.74) is 3.22. The first-order valence-corrected chi connectivity index (χ1v) is 9.78. The Morgan fingerprint density at radius 1 is 1.15 bits per heavy atom. The SMILES string of the molecule is Cc1cccc(NC(=O)C[NH+]2CC[NH+]([C@H](C)C(=O)NC3CC3)CC2)c1C. The molecule has 6 nitrogen and oxygen atoms in total. The Morgan fingerprint density at radius 2 is 1.85 bits per heavy atom. The number of hydrogen-bond acceptors (Lipinski definition) is 2. The minimum absolute atomic E-state index is 0.000852. The molecule has 1 aromatic carbocycles. The van der Waals surface area contributed by atoms with Crippen LogP contribution in [0.4, 0.5) is 5.69 Å². The lowest BCUT2D eigenvalue weighted by molar-refractivity contribution is -1.01. The van der Waals surface area contributed by atoms with Gasteiger partial charge in [0.15, 0.2) is 12.6 Å². The number of rotatable bonds is 6. The maximum Gasteiger partial charge on any atom is 0.279 e. The van der Waals surface area contributed by atoms with Gasteiger partial charge in [0.1, 0.15) is 26.2 Å². The first-order chi connectivity index (χ1) is 12.4. The fourth-order valence-electron chi connectivity index (χ4n) is 3.58. The molecule has 2 amide bonds. The van der Waals surface area contributed by atoms with Gasteiger partial charge in [-0.25, -0.2) is 0 Å². The van der Waals surface area contributed by atoms with Gasteiger partial charge in [-0.3, -0.25) is 9.59 Å². The molecule has 1 aromatic rings. The van der Waals surface area contributed by atoms with Crippen LogP contribution >= 0.6 is 0 Å². The molecule has 2 fully saturated rings. The molecule has 1 aliphatic heterocycles. The molecular formula is C20H32N4O2+2. The van der Waals surface area contributed by atoms with Crippen molar-refractivity contribution in [2.45, 2.75) is 45.7 Å². The fourth-order valence-corrected chi connectivity index (χ4v) is 3.58. The number of nitrogens with one attached hydrogen (secondary N) is 4. The molecule has 0 unspecified atom stereocenters. The number of hydrogen-bond donors (Lipinski definition) is 4. The first-order valence-electron chi connectivity index (χ1n) is 9.78. The van der Waals surface area contributed by atoms with Crippen molar-refractivity contribution in [1.82, 2.24) is 5.32 Å². The smallest absolute Gasteiger partial charge is 0.279 e. The van der Waals surface area contributed by atoms with Crippen LogP contribution in [0.2, 0.25) is 0 Å². The Morgan fingerprint density at radius 3 is 2.50 bits per heavy atom. The Bertz CT molecular complexity index is 664. The van der Waals surface area contributed by atoms with Crippen molar-refractivity contribution in [3.8, 4) is 0 Å². The fraction of sp³-hybridized carbons (Fsp3) is 0.600. The summed E-state index contributed by atoms with van der Waals surface area (Å²) >= 11 is 0. The number of piperazine rings is 1. The molecule has 0 spiro atoms. The van der Waals surface area contributed by atoms with Crippen LogP contribution in [0.5, 0.6) is 0 Å². The number of anilines is 1. The number of carbonyl (C=O) groups excluding carboxylic acids is 2. The van der Waals surface area contributed by atoms with Crippen LogP contribution in [0.3, 0.4) is 0 Å². The van der Waals surface area contributed by atoms with E-state index in [0.717, 1.165) is 50.3 Å². The van der Waals surface area contributed by atoms with Crippen molar-refractivity contribution in [3.05, 3.63) is 29.3 Å². The molecule has 0 aromatic heterocycles. The molecule has 1 aliphatic carbocycles. The summed E-state index contributed by atoms with van der Waals surface area (Å²) in [6, 6.07) is 6.41. The molecule has 2 aliphatic rings. The van der Waals surface area contributed by atoms with E-state index in [4.69, 9.17) is 0 Å². The topological polar surface area (TPSA) is 67.1 Å². The second kappa shape index (κ2) is 8.18. The van der Waals surface area contributed by atoms with Crippen LogP contribution < -0.4 is 20.4 Å². The van der Waals surface area contributed by atoms with Gasteiger partial charge in [-0.05, 0) is 50.8 Å². The minimum atomic E-state index is 0.000852. The zero-order valence-corrected chi connectivity index (χ0v) is 16.2. The van der Waals surface area contributed by atoms with Gasteiger partial charge in [-0.2, -0.15) is 0 Å². The number of carbonyl (C=O) groups is 2. The first kappa shape index (κ1) is 18.9. The summed E-state index contributed by atoms with van der Waals surface area (Å²) < 4.78 is 0. The monoisotopic (exact) mass is 360 g/mol. The predicted molar refractivity (Wildman–Crippen MR) is 101 cm³/mol. The lowest BCUT2D eigenvalue weighted by atomic mass is 10.1. The third kappa shape index (κ3) is 4.83. The molecule has 1 atom stereocenters. The zero-order valence-electron chi connectivity index (χ0n) is 16.2. The molecule has 142 valence electrons. The summed E-state index contributed by atoms with van der Waals surface area (Å²) in [6.45, 7) is 10.3. The van der Waals surface area contributed by atoms with Crippen LogP contribution in [0.15, 0.2) is 18.2 Å². The van der Waals surface area contributed by atoms with Gasteiger partial charge in [-0.1, -0.05) is 12.1 Å². The van der Waals surface area contributed by atoms with Crippen molar-refractivity contribution >= 4 is 17.5 Å². The highest BCUT2D eigenvalue weighted by atomic mass is 16.2. The lowest BCUT2D eigenvalue weighted by Crippen LogP contribution is -3.30. The molecule has 0 bridgehead atoms. The molecule has 0 radical (unpaired) electrons. The second-order valence-corrected chi connectivity index (χ2v) is 7.89. The van der Waals surface area contributed by atoms with E-state index in [9.17, 15) is 9.59 Å². The number of amides is 2. The van der Waals surface area contributed by atoms with Gasteiger partial charge in [0.05, 0.1) is 0 Å². The lowest BCUT2D eigenvalue weighted by Gasteiger charge is -2.32. The highest BCUT2D eigenvalue weighted by molar-refractivity contribution is 5.92. The van der Waals surface area contributed by atoms with Crippen molar-refractivity contribution < 1.29 is 19.4 Å². The third-order valence-electron chi connectivity index (χ3n) is 5.82. The van der Waals surface area contributed by atoms with Crippen LogP contribution in [0, 0.1) is 13.8 Å². The van der Waals surface area contributed by atoms with Gasteiger partial charge in [-0.15, -0.1) is 0 Å². The predicted octanol–water partition coefficient (Wildman–Crippen LogP) is -1.31. The van der Waals surface area contributed by atoms with Gasteiger partial charge in [0.2, 0.25) is 0 Å². The normalized spacial score (nSPS) is 24.0. The average molecular weight is 361 g/mol. The Labute approximate surface area is 155 Å². The van der Waals surface area contributed by atoms with E-state index in [1.807, 2.05) is 26.0 Å². The van der Waals surface area contributed by atoms with Crippen LogP contribution in [0.25, 0.3) is 0 Å². The highest BCUT2D eigenvalue weighted by Gasteiger charge is 2.34. The number of aryl methyl sites for hydroxylation is 1. The van der Waals surface area contributed by atoms with Crippen LogP contribution in [-0.2, 0) is 9.59 Å². The third-order valence-corrected chi connectivity index (χ3v) is 5.82. The van der Waals surface area contributed by atoms with Crippen molar-refractivity contribution in [2.75, 3.05) is 38.0 Å². The van der Waals surface area contributed by atoms with Crippen molar-refractivity contribution in [1.29, 1.82) is 0 Å². The second-order valence-electron chi connectivity index (χ2n) is 7.89. The molecule has 26 heavy (non-hydrogen) atoms. The van der Waals surface area contributed by atoms with E-state index in [1.165, 1.54) is 15.4 Å². The maximum absolute atomic E-state index is 12.4. The average Bonchev–Trinajstić information content (AvgIpc) is 3.43. The Hall–Kier alpha value is -1.92. The number of benzene rings is 1. The van der Waals surface area contributed by atoms with E-state index in [-0.39, 0.29) is 17.9 Å². The van der Waals surface area contributed by atoms with Crippen LogP contribution in [0.1, 0.15) is 30.9 Å². The highest BCUT2D eigenvalue weighted by Crippen LogP contribution is 2.18. The summed E-state index contributed by atoms with van der Waals surface area (Å²) in [5.74, 6) is 0.246. The van der Waals surface area contributed by atoms with Crippen molar-refractivity contribution in [2.24, 2.45) is 0 Å². The van der Waals surface area contributed by atoms with E-state index >= 15 is 0 Å². The minimum Gasteiger partial charge on any atom is -0.348 e. The largest absolute Gasteiger partial charge is 0.348 e. The van der Waals surface area contributed by atoms with Gasteiger partial charge >= 0.3 is 0 Å². The summed E-state index contributed by atoms with van der Waals surface area (Å²) in [5, 5.41) is 6.15. The molecule has 4 N–H and O–H groups in total. The van der Waals surface area contributed by atoms with E-state index in [0.29, 0.717) is 12.6 Å². The van der Waals surface area contributed by atoms with Gasteiger partial charge in [0, 0.05) is 11.7 Å². The summed E-state index contributed by atoms with van der Waals surface area (Å²) in [6.07, 6.45) is 2.25. The van der Waals surface area contributed by atoms with Crippen molar-refractivity contribution in [3.63, 3.8) is 0 Å². The molecule has 3 rings (SSSR count). The number of quaternary nitrogens is 2. The quantitative estimate of drug-likeness (QED) is 0.509. The summed E-state index contributed by atoms with van der Waals surface area (Å²) in [4.78, 5) is 27.2. The Kier molecular flexibility index (Phi) is 5.94. The van der Waals surface area contributed by atoms with E-state index in [1.54, 1.807) is 0 Å². The van der Waals surface area contributed by atoms with Gasteiger partial charge in [0.25, 0.3) is 11.8 Å². The molecular weight excluding hydrogens is 328 g/mol. The summed E-state index contributed by atoms with van der Waals surface area (Å²) in [7, 11) is 0. The van der Waals surface area contributed by atoms with E-state index < -0.39 is 0 Å². The molecule has 1 saturated heterocycles. The standard InChI is InChI=1S/C20H30N4O2/c1-14-5-4-6-18(15(14)2)22-19(25)13-23-9-11-24(12-10-23)16(3)20(26)21-17-7-8-17/h4-6,16-17H,7-13H2,1-3H3,(H,21,26)(H,22,25)/p+2/t16-/m1/s1. The van der Waals surface area contributed by atoms with Crippen LogP contribution in [-0.4, -0.2) is 56.6 Å². The van der Waals surface area contributed by atoms with E-state index in [2.05, 4.69) is 23.6 Å². The molecule has 1 saturated carbocycles. The Balaban J connectivity index is 1.43. The van der Waals surface area contributed by atoms with Gasteiger partial charge < -0.3 is 20.4 Å². The molecule has 1 heterocycles. The molecule has 6 heteroatoms.